The summed E-state index contributed by atoms with van der Waals surface area (Å²) in [7, 11) is 0. The lowest BCUT2D eigenvalue weighted by Gasteiger charge is -2.02. The number of nitrogen functional groups attached to an aromatic ring is 1. The standard InChI is InChI=1S/C9H6Br2N2/c10-5-1-2-8-6(3-5)9(11)7(12)4-13-8/h1-4H,12H2. The highest BCUT2D eigenvalue weighted by molar-refractivity contribution is 9.11. The normalized spacial score (nSPS) is 10.6. The van der Waals surface area contributed by atoms with Crippen molar-refractivity contribution in [3.8, 4) is 0 Å². The maximum atomic E-state index is 5.71. The van der Waals surface area contributed by atoms with E-state index in [0.717, 1.165) is 19.8 Å². The first-order valence-electron chi connectivity index (χ1n) is 3.68. The molecule has 1 aromatic carbocycles. The van der Waals surface area contributed by atoms with E-state index >= 15 is 0 Å². The van der Waals surface area contributed by atoms with Crippen LogP contribution in [0.2, 0.25) is 0 Å². The molecule has 0 unspecified atom stereocenters. The van der Waals surface area contributed by atoms with Crippen LogP contribution in [0.5, 0.6) is 0 Å². The summed E-state index contributed by atoms with van der Waals surface area (Å²) in [6.45, 7) is 0. The first-order valence-corrected chi connectivity index (χ1v) is 5.26. The van der Waals surface area contributed by atoms with Crippen molar-refractivity contribution in [2.75, 3.05) is 5.73 Å². The van der Waals surface area contributed by atoms with Gasteiger partial charge in [0.25, 0.3) is 0 Å². The van der Waals surface area contributed by atoms with Gasteiger partial charge in [0.15, 0.2) is 0 Å². The Hall–Kier alpha value is -0.610. The van der Waals surface area contributed by atoms with Crippen molar-refractivity contribution in [3.05, 3.63) is 33.3 Å². The lowest BCUT2D eigenvalue weighted by atomic mass is 10.2. The molecular weight excluding hydrogens is 296 g/mol. The summed E-state index contributed by atoms with van der Waals surface area (Å²) in [6.07, 6.45) is 1.65. The van der Waals surface area contributed by atoms with Crippen molar-refractivity contribution in [2.45, 2.75) is 0 Å². The fourth-order valence-corrected chi connectivity index (χ4v) is 1.93. The maximum Gasteiger partial charge on any atom is 0.0715 e. The number of aromatic nitrogens is 1. The number of fused-ring (bicyclic) bond motifs is 1. The van der Waals surface area contributed by atoms with E-state index in [1.54, 1.807) is 6.20 Å². The summed E-state index contributed by atoms with van der Waals surface area (Å²) in [5.41, 5.74) is 7.30. The highest BCUT2D eigenvalue weighted by atomic mass is 79.9. The highest BCUT2D eigenvalue weighted by Gasteiger charge is 2.03. The number of benzene rings is 1. The lowest BCUT2D eigenvalue weighted by Crippen LogP contribution is -1.89. The monoisotopic (exact) mass is 300 g/mol. The molecule has 4 heteroatoms. The second kappa shape index (κ2) is 3.27. The molecule has 2 rings (SSSR count). The van der Waals surface area contributed by atoms with Crippen LogP contribution in [0.25, 0.3) is 10.9 Å². The van der Waals surface area contributed by atoms with Gasteiger partial charge in [-0.3, -0.25) is 4.98 Å². The predicted octanol–water partition coefficient (Wildman–Crippen LogP) is 3.34. The fourth-order valence-electron chi connectivity index (χ4n) is 1.15. The molecule has 1 heterocycles. The van der Waals surface area contributed by atoms with Gasteiger partial charge in [-0.05, 0) is 34.1 Å². The Kier molecular flexibility index (Phi) is 2.26. The number of halogens is 2. The van der Waals surface area contributed by atoms with Gasteiger partial charge >= 0.3 is 0 Å². The predicted molar refractivity (Wildman–Crippen MR) is 61.6 cm³/mol. The third-order valence-electron chi connectivity index (χ3n) is 1.79. The van der Waals surface area contributed by atoms with E-state index in [0.29, 0.717) is 5.69 Å². The third kappa shape index (κ3) is 1.56. The van der Waals surface area contributed by atoms with E-state index in [1.807, 2.05) is 18.2 Å². The number of pyridine rings is 1. The van der Waals surface area contributed by atoms with Gasteiger partial charge in [-0.15, -0.1) is 0 Å². The molecule has 0 aliphatic carbocycles. The van der Waals surface area contributed by atoms with Crippen LogP contribution < -0.4 is 5.73 Å². The van der Waals surface area contributed by atoms with Crippen LogP contribution in [0.4, 0.5) is 5.69 Å². The average Bonchev–Trinajstić information content (AvgIpc) is 2.12. The summed E-state index contributed by atoms with van der Waals surface area (Å²) in [5.74, 6) is 0. The van der Waals surface area contributed by atoms with Gasteiger partial charge in [-0.2, -0.15) is 0 Å². The number of rotatable bonds is 0. The molecule has 0 bridgehead atoms. The molecule has 0 radical (unpaired) electrons. The van der Waals surface area contributed by atoms with Crippen LogP contribution in [0, 0.1) is 0 Å². The maximum absolute atomic E-state index is 5.71. The molecule has 0 aliphatic rings. The van der Waals surface area contributed by atoms with Crippen LogP contribution >= 0.6 is 31.9 Å². The fraction of sp³-hybridized carbons (Fsp3) is 0. The van der Waals surface area contributed by atoms with Crippen molar-refractivity contribution in [3.63, 3.8) is 0 Å². The van der Waals surface area contributed by atoms with E-state index in [9.17, 15) is 0 Å². The molecule has 0 spiro atoms. The second-order valence-corrected chi connectivity index (χ2v) is 4.40. The Morgan fingerprint density at radius 1 is 1.23 bits per heavy atom. The molecular formula is C9H6Br2N2. The van der Waals surface area contributed by atoms with Gasteiger partial charge in [0.1, 0.15) is 0 Å². The van der Waals surface area contributed by atoms with Crippen LogP contribution in [0.3, 0.4) is 0 Å². The topological polar surface area (TPSA) is 38.9 Å². The molecule has 2 N–H and O–H groups in total. The number of anilines is 1. The summed E-state index contributed by atoms with van der Waals surface area (Å²) < 4.78 is 1.92. The Morgan fingerprint density at radius 3 is 2.77 bits per heavy atom. The first-order chi connectivity index (χ1) is 6.18. The van der Waals surface area contributed by atoms with Crippen molar-refractivity contribution in [2.24, 2.45) is 0 Å². The molecule has 0 atom stereocenters. The summed E-state index contributed by atoms with van der Waals surface area (Å²) in [4.78, 5) is 4.21. The first kappa shape index (κ1) is 8.97. The van der Waals surface area contributed by atoms with E-state index in [2.05, 4.69) is 36.8 Å². The van der Waals surface area contributed by atoms with E-state index in [4.69, 9.17) is 5.73 Å². The van der Waals surface area contributed by atoms with E-state index < -0.39 is 0 Å². The SMILES string of the molecule is Nc1cnc2ccc(Br)cc2c1Br. The van der Waals surface area contributed by atoms with Crippen molar-refractivity contribution in [1.82, 2.24) is 4.98 Å². The minimum atomic E-state index is 0.658. The van der Waals surface area contributed by atoms with Crippen molar-refractivity contribution in [1.29, 1.82) is 0 Å². The Bertz CT molecular complexity index is 463. The molecule has 0 aliphatic heterocycles. The zero-order valence-electron chi connectivity index (χ0n) is 6.59. The van der Waals surface area contributed by atoms with Crippen LogP contribution in [0.15, 0.2) is 33.3 Å². The Labute approximate surface area is 92.4 Å². The molecule has 0 amide bonds. The van der Waals surface area contributed by atoms with E-state index in [-0.39, 0.29) is 0 Å². The number of hydrogen-bond acceptors (Lipinski definition) is 2. The van der Waals surface area contributed by atoms with E-state index in [1.165, 1.54) is 0 Å². The molecule has 1 aromatic heterocycles. The van der Waals surface area contributed by atoms with Crippen LogP contribution in [-0.4, -0.2) is 4.98 Å². The van der Waals surface area contributed by atoms with Gasteiger partial charge in [0, 0.05) is 9.86 Å². The minimum absolute atomic E-state index is 0.658. The molecule has 13 heavy (non-hydrogen) atoms. The third-order valence-corrected chi connectivity index (χ3v) is 3.17. The van der Waals surface area contributed by atoms with Gasteiger partial charge in [-0.1, -0.05) is 15.9 Å². The number of hydrogen-bond donors (Lipinski definition) is 1. The molecule has 0 fully saturated rings. The van der Waals surface area contributed by atoms with Gasteiger partial charge in [0.05, 0.1) is 21.9 Å². The molecule has 0 saturated heterocycles. The Morgan fingerprint density at radius 2 is 2.00 bits per heavy atom. The summed E-state index contributed by atoms with van der Waals surface area (Å²) in [5, 5.41) is 1.02. The molecule has 2 aromatic rings. The zero-order valence-corrected chi connectivity index (χ0v) is 9.76. The lowest BCUT2D eigenvalue weighted by molar-refractivity contribution is 1.40. The molecule has 66 valence electrons. The Balaban J connectivity index is 2.89. The number of nitrogens with zero attached hydrogens (tertiary/aromatic N) is 1. The summed E-state index contributed by atoms with van der Waals surface area (Å²) in [6, 6.07) is 5.89. The van der Waals surface area contributed by atoms with Gasteiger partial charge < -0.3 is 5.73 Å². The molecule has 0 saturated carbocycles. The van der Waals surface area contributed by atoms with Crippen molar-refractivity contribution < 1.29 is 0 Å². The van der Waals surface area contributed by atoms with Gasteiger partial charge in [0.2, 0.25) is 0 Å². The second-order valence-electron chi connectivity index (χ2n) is 2.69. The molecule has 2 nitrogen and oxygen atoms in total. The quantitative estimate of drug-likeness (QED) is 0.810. The zero-order chi connectivity index (χ0) is 9.42. The highest BCUT2D eigenvalue weighted by Crippen LogP contribution is 2.29. The van der Waals surface area contributed by atoms with Crippen LogP contribution in [0.1, 0.15) is 0 Å². The minimum Gasteiger partial charge on any atom is -0.397 e. The average molecular weight is 302 g/mol. The van der Waals surface area contributed by atoms with Crippen molar-refractivity contribution >= 4 is 48.5 Å². The van der Waals surface area contributed by atoms with Gasteiger partial charge in [-0.25, -0.2) is 0 Å². The smallest absolute Gasteiger partial charge is 0.0715 e. The van der Waals surface area contributed by atoms with Crippen LogP contribution in [-0.2, 0) is 0 Å². The number of nitrogens with two attached hydrogens (primary N) is 1. The largest absolute Gasteiger partial charge is 0.397 e. The summed E-state index contributed by atoms with van der Waals surface area (Å²) >= 11 is 6.83.